The van der Waals surface area contributed by atoms with Gasteiger partial charge in [0.2, 0.25) is 0 Å². The number of ether oxygens (including phenoxy) is 1. The van der Waals surface area contributed by atoms with Crippen molar-refractivity contribution in [2.75, 3.05) is 20.3 Å². The van der Waals surface area contributed by atoms with Crippen LogP contribution >= 0.6 is 0 Å². The number of aromatic nitrogens is 2. The molecule has 0 atom stereocenters. The third-order valence-electron chi connectivity index (χ3n) is 3.20. The second kappa shape index (κ2) is 5.46. The lowest BCUT2D eigenvalue weighted by Gasteiger charge is -2.21. The zero-order chi connectivity index (χ0) is 11.4. The smallest absolute Gasteiger partial charge is 0.0638 e. The van der Waals surface area contributed by atoms with Crippen LogP contribution in [0, 0.1) is 12.8 Å². The first-order valence-corrected chi connectivity index (χ1v) is 6.05. The molecule has 1 aliphatic heterocycles. The molecular weight excluding hydrogens is 202 g/mol. The molecule has 1 N–H and O–H groups in total. The van der Waals surface area contributed by atoms with Crippen LogP contribution in [0.5, 0.6) is 0 Å². The van der Waals surface area contributed by atoms with Crippen LogP contribution < -0.4 is 5.32 Å². The van der Waals surface area contributed by atoms with Crippen molar-refractivity contribution in [1.29, 1.82) is 0 Å². The van der Waals surface area contributed by atoms with Gasteiger partial charge in [0.25, 0.3) is 0 Å². The fourth-order valence-corrected chi connectivity index (χ4v) is 2.21. The van der Waals surface area contributed by atoms with E-state index < -0.39 is 0 Å². The Kier molecular flexibility index (Phi) is 3.96. The van der Waals surface area contributed by atoms with Gasteiger partial charge in [-0.15, -0.1) is 0 Å². The van der Waals surface area contributed by atoms with Crippen molar-refractivity contribution in [1.82, 2.24) is 15.1 Å². The molecule has 1 aromatic rings. The van der Waals surface area contributed by atoms with E-state index in [1.807, 2.05) is 7.05 Å². The van der Waals surface area contributed by atoms with Crippen LogP contribution in [-0.2, 0) is 17.8 Å². The summed E-state index contributed by atoms with van der Waals surface area (Å²) in [6.45, 7) is 5.84. The van der Waals surface area contributed by atoms with Crippen LogP contribution in [0.25, 0.3) is 0 Å². The fraction of sp³-hybridized carbons (Fsp3) is 0.750. The first-order valence-electron chi connectivity index (χ1n) is 6.05. The van der Waals surface area contributed by atoms with Crippen LogP contribution in [0.4, 0.5) is 0 Å². The molecule has 0 aliphatic carbocycles. The zero-order valence-corrected chi connectivity index (χ0v) is 10.2. The number of aryl methyl sites for hydroxylation is 1. The zero-order valence-electron chi connectivity index (χ0n) is 10.2. The summed E-state index contributed by atoms with van der Waals surface area (Å²) in [6, 6.07) is 0. The lowest BCUT2D eigenvalue weighted by Crippen LogP contribution is -2.20. The highest BCUT2D eigenvalue weighted by atomic mass is 16.5. The van der Waals surface area contributed by atoms with Gasteiger partial charge in [0, 0.05) is 38.1 Å². The van der Waals surface area contributed by atoms with Crippen LogP contribution in [0.15, 0.2) is 6.20 Å². The summed E-state index contributed by atoms with van der Waals surface area (Å²) in [5.74, 6) is 0.732. The van der Waals surface area contributed by atoms with Crippen LogP contribution in [0.3, 0.4) is 0 Å². The number of nitrogens with one attached hydrogen (secondary N) is 1. The van der Waals surface area contributed by atoms with Crippen molar-refractivity contribution in [2.24, 2.45) is 5.92 Å². The summed E-state index contributed by atoms with van der Waals surface area (Å²) >= 11 is 0. The maximum Gasteiger partial charge on any atom is 0.0638 e. The molecule has 1 saturated heterocycles. The van der Waals surface area contributed by atoms with Gasteiger partial charge >= 0.3 is 0 Å². The molecule has 0 amide bonds. The van der Waals surface area contributed by atoms with Crippen molar-refractivity contribution in [3.8, 4) is 0 Å². The molecule has 4 nitrogen and oxygen atoms in total. The van der Waals surface area contributed by atoms with Crippen molar-refractivity contribution in [3.63, 3.8) is 0 Å². The number of hydrogen-bond acceptors (Lipinski definition) is 3. The lowest BCUT2D eigenvalue weighted by atomic mass is 10.0. The molecule has 2 rings (SSSR count). The number of rotatable bonds is 4. The van der Waals surface area contributed by atoms with Gasteiger partial charge in [-0.3, -0.25) is 4.68 Å². The molecule has 0 aromatic carbocycles. The minimum Gasteiger partial charge on any atom is -0.381 e. The highest BCUT2D eigenvalue weighted by Crippen LogP contribution is 2.17. The van der Waals surface area contributed by atoms with Gasteiger partial charge in [-0.25, -0.2) is 0 Å². The molecule has 0 unspecified atom stereocenters. The second-order valence-corrected chi connectivity index (χ2v) is 4.55. The summed E-state index contributed by atoms with van der Waals surface area (Å²) in [4.78, 5) is 0. The molecule has 1 fully saturated rings. The van der Waals surface area contributed by atoms with Gasteiger partial charge in [-0.05, 0) is 32.7 Å². The standard InChI is InChI=1S/C12H21N3O/c1-10-12(7-13-2)9-15(14-10)8-11-3-5-16-6-4-11/h9,11,13H,3-8H2,1-2H3. The molecule has 16 heavy (non-hydrogen) atoms. The van der Waals surface area contributed by atoms with E-state index in [1.165, 1.54) is 18.4 Å². The summed E-state index contributed by atoms with van der Waals surface area (Å²) in [5, 5.41) is 7.73. The van der Waals surface area contributed by atoms with Crippen molar-refractivity contribution < 1.29 is 4.74 Å². The molecule has 1 aromatic heterocycles. The molecule has 1 aliphatic rings. The molecule has 0 radical (unpaired) electrons. The van der Waals surface area contributed by atoms with E-state index in [4.69, 9.17) is 4.74 Å². The molecule has 0 spiro atoms. The van der Waals surface area contributed by atoms with Crippen molar-refractivity contribution in [3.05, 3.63) is 17.5 Å². The minimum atomic E-state index is 0.732. The third-order valence-corrected chi connectivity index (χ3v) is 3.20. The van der Waals surface area contributed by atoms with E-state index in [2.05, 4.69) is 28.2 Å². The van der Waals surface area contributed by atoms with Gasteiger partial charge in [-0.1, -0.05) is 0 Å². The highest BCUT2D eigenvalue weighted by Gasteiger charge is 2.15. The van der Waals surface area contributed by atoms with E-state index >= 15 is 0 Å². The van der Waals surface area contributed by atoms with E-state index in [0.29, 0.717) is 0 Å². The Bertz CT molecular complexity index is 329. The van der Waals surface area contributed by atoms with Crippen molar-refractivity contribution in [2.45, 2.75) is 32.9 Å². The van der Waals surface area contributed by atoms with Crippen LogP contribution in [0.1, 0.15) is 24.1 Å². The highest BCUT2D eigenvalue weighted by molar-refractivity contribution is 5.14. The van der Waals surface area contributed by atoms with E-state index in [1.54, 1.807) is 0 Å². The summed E-state index contributed by atoms with van der Waals surface area (Å²) in [7, 11) is 1.97. The maximum atomic E-state index is 5.37. The minimum absolute atomic E-state index is 0.732. The van der Waals surface area contributed by atoms with Crippen LogP contribution in [-0.4, -0.2) is 30.0 Å². The Morgan fingerprint density at radius 3 is 2.94 bits per heavy atom. The largest absolute Gasteiger partial charge is 0.381 e. The van der Waals surface area contributed by atoms with Gasteiger partial charge in [0.05, 0.1) is 5.69 Å². The van der Waals surface area contributed by atoms with Gasteiger partial charge in [-0.2, -0.15) is 5.10 Å². The topological polar surface area (TPSA) is 39.1 Å². The summed E-state index contributed by atoms with van der Waals surface area (Å²) in [6.07, 6.45) is 4.50. The average molecular weight is 223 g/mol. The second-order valence-electron chi connectivity index (χ2n) is 4.55. The number of hydrogen-bond donors (Lipinski definition) is 1. The molecule has 0 saturated carbocycles. The lowest BCUT2D eigenvalue weighted by molar-refractivity contribution is 0.0601. The predicted molar refractivity (Wildman–Crippen MR) is 63.3 cm³/mol. The van der Waals surface area contributed by atoms with Gasteiger partial charge in [0.15, 0.2) is 0 Å². The van der Waals surface area contributed by atoms with E-state index in [-0.39, 0.29) is 0 Å². The first kappa shape index (κ1) is 11.6. The summed E-state index contributed by atoms with van der Waals surface area (Å²) in [5.41, 5.74) is 2.44. The molecule has 2 heterocycles. The Morgan fingerprint density at radius 2 is 2.25 bits per heavy atom. The molecule has 4 heteroatoms. The Morgan fingerprint density at radius 1 is 1.50 bits per heavy atom. The molecular formula is C12H21N3O. The van der Waals surface area contributed by atoms with Gasteiger partial charge < -0.3 is 10.1 Å². The SMILES string of the molecule is CNCc1cn(CC2CCOCC2)nc1C. The van der Waals surface area contributed by atoms with E-state index in [9.17, 15) is 0 Å². The summed E-state index contributed by atoms with van der Waals surface area (Å²) < 4.78 is 7.46. The van der Waals surface area contributed by atoms with Crippen molar-refractivity contribution >= 4 is 0 Å². The van der Waals surface area contributed by atoms with E-state index in [0.717, 1.165) is 37.9 Å². The predicted octanol–water partition coefficient (Wildman–Crippen LogP) is 1.34. The normalized spacial score (nSPS) is 17.9. The Balaban J connectivity index is 1.95. The Labute approximate surface area is 97.0 Å². The number of nitrogens with zero attached hydrogens (tertiary/aromatic N) is 2. The maximum absolute atomic E-state index is 5.37. The third kappa shape index (κ3) is 2.83. The molecule has 0 bridgehead atoms. The fourth-order valence-electron chi connectivity index (χ4n) is 2.21. The quantitative estimate of drug-likeness (QED) is 0.837. The average Bonchev–Trinajstić information content (AvgIpc) is 2.61. The monoisotopic (exact) mass is 223 g/mol. The Hall–Kier alpha value is -0.870. The van der Waals surface area contributed by atoms with Crippen LogP contribution in [0.2, 0.25) is 0 Å². The van der Waals surface area contributed by atoms with Gasteiger partial charge in [0.1, 0.15) is 0 Å². The first-order chi connectivity index (χ1) is 7.79. The molecule has 90 valence electrons.